The molecule has 3 N–H and O–H groups in total. The van der Waals surface area contributed by atoms with E-state index >= 15 is 0 Å². The van der Waals surface area contributed by atoms with Crippen LogP contribution in [-0.4, -0.2) is 62.5 Å². The van der Waals surface area contributed by atoms with Gasteiger partial charge < -0.3 is 30.3 Å². The molecule has 2 aromatic rings. The smallest absolute Gasteiger partial charge is 0.239 e. The van der Waals surface area contributed by atoms with Crippen molar-refractivity contribution in [1.82, 2.24) is 5.32 Å². The van der Waals surface area contributed by atoms with Gasteiger partial charge in [0.05, 0.1) is 73.0 Å². The van der Waals surface area contributed by atoms with E-state index in [2.05, 4.69) is 72.8 Å². The van der Waals surface area contributed by atoms with Gasteiger partial charge in [0.1, 0.15) is 0 Å². The third-order valence-corrected chi connectivity index (χ3v) is 8.81. The van der Waals surface area contributed by atoms with Crippen molar-refractivity contribution in [1.29, 1.82) is 0 Å². The van der Waals surface area contributed by atoms with Crippen LogP contribution in [0, 0.1) is 17.8 Å². The minimum atomic E-state index is -0.565. The predicted molar refractivity (Wildman–Crippen MR) is 142 cm³/mol. The summed E-state index contributed by atoms with van der Waals surface area (Å²) >= 11 is 1.60. The second kappa shape index (κ2) is 9.99. The van der Waals surface area contributed by atoms with Crippen LogP contribution in [0.2, 0.25) is 0 Å². The normalized spacial score (nSPS) is 34.7. The highest BCUT2D eigenvalue weighted by Crippen LogP contribution is 2.47. The third-order valence-electron chi connectivity index (χ3n) is 7.98. The number of fused-ring (bicyclic) bond motifs is 2. The first-order valence-electron chi connectivity index (χ1n) is 12.8. The zero-order valence-corrected chi connectivity index (χ0v) is 21.9. The largest absolute Gasteiger partial charge is 0.381 e. The Bertz CT molecular complexity index is 1020. The molecule has 7 nitrogen and oxygen atoms in total. The number of amides is 1. The van der Waals surface area contributed by atoms with E-state index in [1.165, 1.54) is 5.69 Å². The Morgan fingerprint density at radius 3 is 2.63 bits per heavy atom. The minimum absolute atomic E-state index is 0.00192. The molecule has 0 spiro atoms. The van der Waals surface area contributed by atoms with E-state index in [9.17, 15) is 4.79 Å². The fourth-order valence-corrected chi connectivity index (χ4v) is 7.12. The standard InChI is InChI=1S/C27H38N4O3S/c1-17-13-33-14-18(2)26-27(30-23(32)12-28-24-10-7-11-35-24)19(3)15-34-16-20(4)31(26)22-9-6-5-8-21(22)29-25(17)27/h5-11,17-20,25-26,28-29H,12-16H2,1-4H3,(H,30,32). The van der Waals surface area contributed by atoms with E-state index < -0.39 is 5.54 Å². The summed E-state index contributed by atoms with van der Waals surface area (Å²) < 4.78 is 12.5. The molecule has 3 aliphatic rings. The van der Waals surface area contributed by atoms with Gasteiger partial charge in [0.2, 0.25) is 5.91 Å². The molecular weight excluding hydrogens is 460 g/mol. The predicted octanol–water partition coefficient (Wildman–Crippen LogP) is 4.04. The average Bonchev–Trinajstić information content (AvgIpc) is 3.31. The first kappa shape index (κ1) is 24.4. The molecule has 0 saturated carbocycles. The van der Waals surface area contributed by atoms with Crippen LogP contribution in [0.4, 0.5) is 16.4 Å². The summed E-state index contributed by atoms with van der Waals surface area (Å²) in [7, 11) is 0. The van der Waals surface area contributed by atoms with Crippen molar-refractivity contribution >= 4 is 33.6 Å². The molecule has 1 amide bonds. The van der Waals surface area contributed by atoms with Gasteiger partial charge in [-0.3, -0.25) is 4.79 Å². The van der Waals surface area contributed by atoms with Crippen molar-refractivity contribution in [3.05, 3.63) is 41.8 Å². The lowest BCUT2D eigenvalue weighted by molar-refractivity contribution is -0.125. The molecule has 8 heteroatoms. The van der Waals surface area contributed by atoms with Crippen LogP contribution in [0.5, 0.6) is 0 Å². The van der Waals surface area contributed by atoms with Gasteiger partial charge in [0.15, 0.2) is 0 Å². The van der Waals surface area contributed by atoms with E-state index in [0.29, 0.717) is 26.4 Å². The van der Waals surface area contributed by atoms with Crippen LogP contribution >= 0.6 is 11.3 Å². The molecule has 1 aromatic carbocycles. The summed E-state index contributed by atoms with van der Waals surface area (Å²) in [5.74, 6) is 0.470. The molecule has 4 heterocycles. The van der Waals surface area contributed by atoms with E-state index in [1.54, 1.807) is 11.3 Å². The minimum Gasteiger partial charge on any atom is -0.381 e. The van der Waals surface area contributed by atoms with Crippen LogP contribution in [-0.2, 0) is 14.3 Å². The molecule has 0 radical (unpaired) electrons. The van der Waals surface area contributed by atoms with Crippen LogP contribution in [0.3, 0.4) is 0 Å². The summed E-state index contributed by atoms with van der Waals surface area (Å²) in [4.78, 5) is 16.2. The summed E-state index contributed by atoms with van der Waals surface area (Å²) in [6.45, 7) is 11.7. The maximum atomic E-state index is 13.7. The Labute approximate surface area is 212 Å². The molecule has 190 valence electrons. The van der Waals surface area contributed by atoms with Crippen molar-refractivity contribution in [3.8, 4) is 0 Å². The summed E-state index contributed by atoms with van der Waals surface area (Å²) in [5.41, 5.74) is 1.71. The van der Waals surface area contributed by atoms with E-state index in [0.717, 1.165) is 10.7 Å². The number of thiophene rings is 1. The number of carbonyl (C=O) groups excluding carboxylic acids is 1. The number of ether oxygens (including phenoxy) is 2. The first-order valence-corrected chi connectivity index (χ1v) is 13.7. The fraction of sp³-hybridized carbons (Fsp3) is 0.593. The Hall–Kier alpha value is -2.29. The monoisotopic (exact) mass is 498 g/mol. The van der Waals surface area contributed by atoms with E-state index in [-0.39, 0.29) is 48.3 Å². The van der Waals surface area contributed by atoms with Crippen LogP contribution in [0.1, 0.15) is 27.7 Å². The second-order valence-electron chi connectivity index (χ2n) is 10.6. The SMILES string of the molecule is CC1COCC(C)C2N3c4ccccc4NC1C2(NC(=O)CNc1cccs1)C(C)COCC3C. The number of anilines is 3. The van der Waals surface area contributed by atoms with Crippen molar-refractivity contribution in [2.75, 3.05) is 48.5 Å². The van der Waals surface area contributed by atoms with Crippen molar-refractivity contribution in [3.63, 3.8) is 0 Å². The Morgan fingerprint density at radius 2 is 1.83 bits per heavy atom. The average molecular weight is 499 g/mol. The number of rotatable bonds is 4. The first-order chi connectivity index (χ1) is 16.9. The molecule has 3 aliphatic heterocycles. The van der Waals surface area contributed by atoms with Gasteiger partial charge >= 0.3 is 0 Å². The molecule has 4 bridgehead atoms. The number of hydrogen-bond acceptors (Lipinski definition) is 7. The Kier molecular flexibility index (Phi) is 6.97. The van der Waals surface area contributed by atoms with Gasteiger partial charge in [-0.25, -0.2) is 0 Å². The number of hydrogen-bond donors (Lipinski definition) is 3. The quantitative estimate of drug-likeness (QED) is 0.591. The molecule has 1 aromatic heterocycles. The van der Waals surface area contributed by atoms with Gasteiger partial charge in [0.25, 0.3) is 0 Å². The van der Waals surface area contributed by atoms with Crippen LogP contribution in [0.15, 0.2) is 41.8 Å². The molecule has 0 aliphatic carbocycles. The van der Waals surface area contributed by atoms with Crippen molar-refractivity contribution in [2.45, 2.75) is 51.4 Å². The highest BCUT2D eigenvalue weighted by atomic mass is 32.1. The topological polar surface area (TPSA) is 74.9 Å². The Balaban J connectivity index is 1.64. The Morgan fingerprint density at radius 1 is 1.06 bits per heavy atom. The molecule has 5 rings (SSSR count). The number of carbonyl (C=O) groups is 1. The zero-order valence-electron chi connectivity index (χ0n) is 21.1. The second-order valence-corrected chi connectivity index (χ2v) is 11.5. The lowest BCUT2D eigenvalue weighted by Crippen LogP contribution is -2.77. The summed E-state index contributed by atoms with van der Waals surface area (Å²) in [6, 6.07) is 12.7. The molecule has 2 saturated heterocycles. The van der Waals surface area contributed by atoms with Gasteiger partial charge in [-0.1, -0.05) is 32.9 Å². The zero-order chi connectivity index (χ0) is 24.6. The van der Waals surface area contributed by atoms with E-state index in [1.807, 2.05) is 17.5 Å². The summed E-state index contributed by atoms with van der Waals surface area (Å²) in [6.07, 6.45) is 0. The van der Waals surface area contributed by atoms with Crippen molar-refractivity contribution < 1.29 is 14.3 Å². The highest BCUT2D eigenvalue weighted by molar-refractivity contribution is 7.14. The van der Waals surface area contributed by atoms with Crippen molar-refractivity contribution in [2.24, 2.45) is 17.8 Å². The van der Waals surface area contributed by atoms with Gasteiger partial charge in [0, 0.05) is 17.8 Å². The van der Waals surface area contributed by atoms with Crippen LogP contribution in [0.25, 0.3) is 0 Å². The number of benzene rings is 1. The highest BCUT2D eigenvalue weighted by Gasteiger charge is 2.59. The maximum Gasteiger partial charge on any atom is 0.239 e. The summed E-state index contributed by atoms with van der Waals surface area (Å²) in [5, 5.41) is 13.9. The van der Waals surface area contributed by atoms with Crippen LogP contribution < -0.4 is 20.9 Å². The molecular formula is C27H38N4O3S. The molecule has 7 unspecified atom stereocenters. The van der Waals surface area contributed by atoms with E-state index in [4.69, 9.17) is 9.47 Å². The maximum absolute atomic E-state index is 13.7. The number of nitrogens with zero attached hydrogens (tertiary/aromatic N) is 1. The van der Waals surface area contributed by atoms with Gasteiger partial charge in [-0.2, -0.15) is 0 Å². The number of nitrogens with one attached hydrogen (secondary N) is 3. The van der Waals surface area contributed by atoms with Gasteiger partial charge in [-0.05, 0) is 36.6 Å². The lowest BCUT2D eigenvalue weighted by atomic mass is 9.65. The molecule has 2 fully saturated rings. The number of para-hydroxylation sites is 2. The van der Waals surface area contributed by atoms with Gasteiger partial charge in [-0.15, -0.1) is 11.3 Å². The third kappa shape index (κ3) is 4.41. The fourth-order valence-electron chi connectivity index (χ4n) is 6.51. The molecule has 35 heavy (non-hydrogen) atoms. The molecule has 7 atom stereocenters. The lowest BCUT2D eigenvalue weighted by Gasteiger charge is -2.58.